The van der Waals surface area contributed by atoms with Gasteiger partial charge in [0.1, 0.15) is 0 Å². The second kappa shape index (κ2) is 7.94. The van der Waals surface area contributed by atoms with Gasteiger partial charge in [-0.3, -0.25) is 4.79 Å². The molecule has 5 heteroatoms. The van der Waals surface area contributed by atoms with Crippen LogP contribution < -0.4 is 5.32 Å². The summed E-state index contributed by atoms with van der Waals surface area (Å²) in [5, 5.41) is 7.74. The zero-order valence-electron chi connectivity index (χ0n) is 14.8. The Morgan fingerprint density at radius 2 is 1.74 bits per heavy atom. The van der Waals surface area contributed by atoms with Crippen LogP contribution in [-0.4, -0.2) is 16.1 Å². The van der Waals surface area contributed by atoms with Gasteiger partial charge in [0, 0.05) is 15.8 Å². The van der Waals surface area contributed by atoms with E-state index in [1.807, 2.05) is 54.8 Å². The highest BCUT2D eigenvalue weighted by atomic mass is 32.2. The molecule has 3 nitrogen and oxygen atoms in total. The number of thiazole rings is 1. The van der Waals surface area contributed by atoms with Crippen LogP contribution in [0.5, 0.6) is 0 Å². The molecule has 3 aromatic carbocycles. The fourth-order valence-electron chi connectivity index (χ4n) is 2.78. The summed E-state index contributed by atoms with van der Waals surface area (Å²) >= 11 is 2.99. The van der Waals surface area contributed by atoms with Gasteiger partial charge >= 0.3 is 0 Å². The Labute approximate surface area is 166 Å². The molecular formula is C22H18N2OS2. The van der Waals surface area contributed by atoms with Crippen molar-refractivity contribution in [1.82, 2.24) is 4.98 Å². The predicted octanol–water partition coefficient (Wildman–Crippen LogP) is 6.08. The van der Waals surface area contributed by atoms with Crippen molar-refractivity contribution in [3.05, 3.63) is 78.2 Å². The molecule has 1 N–H and O–H groups in total. The van der Waals surface area contributed by atoms with Crippen molar-refractivity contribution in [2.24, 2.45) is 0 Å². The third kappa shape index (κ3) is 4.21. The van der Waals surface area contributed by atoms with Crippen LogP contribution in [-0.2, 0) is 4.79 Å². The number of fused-ring (bicyclic) bond motifs is 1. The summed E-state index contributed by atoms with van der Waals surface area (Å²) in [5.41, 5.74) is 1.93. The number of benzene rings is 3. The molecule has 1 atom stereocenters. The Hall–Kier alpha value is -2.63. The lowest BCUT2D eigenvalue weighted by molar-refractivity contribution is -0.115. The smallest absolute Gasteiger partial charge is 0.239 e. The number of hydrogen-bond acceptors (Lipinski definition) is 4. The first-order chi connectivity index (χ1) is 13.2. The second-order valence-corrected chi connectivity index (χ2v) is 8.43. The van der Waals surface area contributed by atoms with Crippen LogP contribution in [0.15, 0.2) is 83.1 Å². The number of nitrogens with one attached hydrogen (secondary N) is 1. The van der Waals surface area contributed by atoms with Crippen molar-refractivity contribution in [2.75, 3.05) is 5.32 Å². The molecule has 0 saturated heterocycles. The Bertz CT molecular complexity index is 1080. The van der Waals surface area contributed by atoms with E-state index in [2.05, 4.69) is 40.6 Å². The Morgan fingerprint density at radius 1 is 1.00 bits per heavy atom. The van der Waals surface area contributed by atoms with Gasteiger partial charge in [-0.2, -0.15) is 0 Å². The van der Waals surface area contributed by atoms with E-state index in [1.165, 1.54) is 22.1 Å². The topological polar surface area (TPSA) is 42.0 Å². The van der Waals surface area contributed by atoms with Crippen molar-refractivity contribution >= 4 is 44.9 Å². The summed E-state index contributed by atoms with van der Waals surface area (Å²) in [6.07, 6.45) is 0. The third-order valence-electron chi connectivity index (χ3n) is 4.20. The van der Waals surface area contributed by atoms with E-state index >= 15 is 0 Å². The van der Waals surface area contributed by atoms with Crippen molar-refractivity contribution in [3.8, 4) is 11.3 Å². The number of carbonyl (C=O) groups excluding carboxylic acids is 1. The Morgan fingerprint density at radius 3 is 2.56 bits per heavy atom. The molecule has 0 aliphatic rings. The summed E-state index contributed by atoms with van der Waals surface area (Å²) < 4.78 is 0. The van der Waals surface area contributed by atoms with Crippen LogP contribution in [0.25, 0.3) is 22.0 Å². The van der Waals surface area contributed by atoms with Crippen LogP contribution in [0.2, 0.25) is 0 Å². The largest absolute Gasteiger partial charge is 0.301 e. The average molecular weight is 391 g/mol. The van der Waals surface area contributed by atoms with E-state index in [-0.39, 0.29) is 11.2 Å². The maximum absolute atomic E-state index is 12.5. The van der Waals surface area contributed by atoms with Gasteiger partial charge < -0.3 is 5.32 Å². The van der Waals surface area contributed by atoms with Gasteiger partial charge in [0.05, 0.1) is 10.9 Å². The predicted molar refractivity (Wildman–Crippen MR) is 115 cm³/mol. The van der Waals surface area contributed by atoms with Crippen molar-refractivity contribution < 1.29 is 4.79 Å². The number of rotatable bonds is 5. The molecule has 1 unspecified atom stereocenters. The molecule has 0 saturated carbocycles. The van der Waals surface area contributed by atoms with Gasteiger partial charge in [-0.1, -0.05) is 54.6 Å². The summed E-state index contributed by atoms with van der Waals surface area (Å²) in [4.78, 5) is 18.1. The first-order valence-electron chi connectivity index (χ1n) is 8.66. The van der Waals surface area contributed by atoms with E-state index in [0.717, 1.165) is 16.2 Å². The molecule has 27 heavy (non-hydrogen) atoms. The first kappa shape index (κ1) is 17.8. The summed E-state index contributed by atoms with van der Waals surface area (Å²) in [7, 11) is 0. The summed E-state index contributed by atoms with van der Waals surface area (Å²) in [6.45, 7) is 1.91. The highest BCUT2D eigenvalue weighted by Crippen LogP contribution is 2.29. The maximum atomic E-state index is 12.5. The Kier molecular flexibility index (Phi) is 5.23. The Balaban J connectivity index is 1.46. The second-order valence-electron chi connectivity index (χ2n) is 6.16. The highest BCUT2D eigenvalue weighted by molar-refractivity contribution is 8.00. The van der Waals surface area contributed by atoms with Gasteiger partial charge in [-0.05, 0) is 35.9 Å². The summed E-state index contributed by atoms with van der Waals surface area (Å²) in [6, 6.07) is 24.5. The monoisotopic (exact) mass is 390 g/mol. The van der Waals surface area contributed by atoms with E-state index in [1.54, 1.807) is 11.8 Å². The minimum absolute atomic E-state index is 0.0386. The van der Waals surface area contributed by atoms with E-state index < -0.39 is 0 Å². The number of aromatic nitrogens is 1. The van der Waals surface area contributed by atoms with Crippen molar-refractivity contribution in [3.63, 3.8) is 0 Å². The number of nitrogens with zero attached hydrogens (tertiary/aromatic N) is 1. The molecule has 0 radical (unpaired) electrons. The van der Waals surface area contributed by atoms with Gasteiger partial charge in [-0.15, -0.1) is 23.1 Å². The number of carbonyl (C=O) groups is 1. The third-order valence-corrected chi connectivity index (χ3v) is 6.07. The lowest BCUT2D eigenvalue weighted by Gasteiger charge is -2.10. The zero-order chi connectivity index (χ0) is 18.6. The number of thioether (sulfide) groups is 1. The normalized spacial score (nSPS) is 12.0. The molecule has 0 spiro atoms. The van der Waals surface area contributed by atoms with Crippen LogP contribution in [0.4, 0.5) is 5.13 Å². The quantitative estimate of drug-likeness (QED) is 0.420. The van der Waals surface area contributed by atoms with Crippen LogP contribution in [0.1, 0.15) is 6.92 Å². The minimum Gasteiger partial charge on any atom is -0.301 e. The van der Waals surface area contributed by atoms with Gasteiger partial charge in [0.2, 0.25) is 5.91 Å². The molecule has 1 amide bonds. The van der Waals surface area contributed by atoms with Crippen molar-refractivity contribution in [2.45, 2.75) is 17.1 Å². The van der Waals surface area contributed by atoms with Crippen LogP contribution >= 0.6 is 23.1 Å². The number of hydrogen-bond donors (Lipinski definition) is 1. The van der Waals surface area contributed by atoms with Gasteiger partial charge in [0.25, 0.3) is 0 Å². The standard InChI is InChI=1S/C22H18N2OS2/c1-15(27-19-9-3-2-4-10-19)21(25)24-22-23-20(14-26-22)18-12-11-16-7-5-6-8-17(16)13-18/h2-15H,1H3,(H,23,24,25). The van der Waals surface area contributed by atoms with Gasteiger partial charge in [0.15, 0.2) is 5.13 Å². The molecular weight excluding hydrogens is 372 g/mol. The highest BCUT2D eigenvalue weighted by Gasteiger charge is 2.16. The molecule has 134 valence electrons. The molecule has 0 aliphatic heterocycles. The first-order valence-corrected chi connectivity index (χ1v) is 10.4. The number of amides is 1. The van der Waals surface area contributed by atoms with Gasteiger partial charge in [-0.25, -0.2) is 4.98 Å². The maximum Gasteiger partial charge on any atom is 0.239 e. The fraction of sp³-hybridized carbons (Fsp3) is 0.0909. The van der Waals surface area contributed by atoms with E-state index in [4.69, 9.17) is 0 Å². The van der Waals surface area contributed by atoms with Crippen molar-refractivity contribution in [1.29, 1.82) is 0 Å². The summed E-state index contributed by atoms with van der Waals surface area (Å²) in [5.74, 6) is -0.0386. The molecule has 1 heterocycles. The lowest BCUT2D eigenvalue weighted by atomic mass is 10.1. The molecule has 0 fully saturated rings. The molecule has 4 aromatic rings. The molecule has 0 aliphatic carbocycles. The average Bonchev–Trinajstić information content (AvgIpc) is 3.17. The number of anilines is 1. The van der Waals surface area contributed by atoms with Crippen LogP contribution in [0, 0.1) is 0 Å². The lowest BCUT2D eigenvalue weighted by Crippen LogP contribution is -2.22. The SMILES string of the molecule is CC(Sc1ccccc1)C(=O)Nc1nc(-c2ccc3ccccc3c2)cs1. The minimum atomic E-state index is -0.194. The van der Waals surface area contributed by atoms with E-state index in [9.17, 15) is 4.79 Å². The molecule has 1 aromatic heterocycles. The fourth-order valence-corrected chi connectivity index (χ4v) is 4.39. The van der Waals surface area contributed by atoms with Crippen LogP contribution in [0.3, 0.4) is 0 Å². The zero-order valence-corrected chi connectivity index (χ0v) is 16.4. The molecule has 0 bridgehead atoms. The van der Waals surface area contributed by atoms with E-state index in [0.29, 0.717) is 5.13 Å². The molecule has 4 rings (SSSR count).